The van der Waals surface area contributed by atoms with Crippen LogP contribution in [0.25, 0.3) is 0 Å². The third-order valence-corrected chi connectivity index (χ3v) is 4.78. The highest BCUT2D eigenvalue weighted by atomic mass is 16.2. The second kappa shape index (κ2) is 8.07. The van der Waals surface area contributed by atoms with Crippen molar-refractivity contribution in [2.24, 2.45) is 7.05 Å². The summed E-state index contributed by atoms with van der Waals surface area (Å²) in [5.74, 6) is 0.380. The van der Waals surface area contributed by atoms with Crippen LogP contribution in [-0.2, 0) is 7.05 Å². The zero-order chi connectivity index (χ0) is 19.4. The summed E-state index contributed by atoms with van der Waals surface area (Å²) in [6.07, 6.45) is 15.1. The minimum Gasteiger partial charge on any atom is -0.340 e. The van der Waals surface area contributed by atoms with Gasteiger partial charge < -0.3 is 15.6 Å². The van der Waals surface area contributed by atoms with Gasteiger partial charge in [-0.2, -0.15) is 0 Å². The fourth-order valence-electron chi connectivity index (χ4n) is 3.29. The van der Waals surface area contributed by atoms with Gasteiger partial charge in [-0.25, -0.2) is 14.2 Å². The van der Waals surface area contributed by atoms with Gasteiger partial charge in [-0.1, -0.05) is 30.9 Å². The Morgan fingerprint density at radius 2 is 2.04 bits per heavy atom. The first kappa shape index (κ1) is 18.7. The van der Waals surface area contributed by atoms with Crippen molar-refractivity contribution in [2.75, 3.05) is 18.4 Å². The van der Waals surface area contributed by atoms with E-state index in [0.29, 0.717) is 24.6 Å². The number of carbonyl (C=O) groups excluding carboxylic acids is 1. The molecule has 0 aromatic carbocycles. The second-order valence-electron chi connectivity index (χ2n) is 6.70. The molecule has 1 aromatic heterocycles. The summed E-state index contributed by atoms with van der Waals surface area (Å²) in [6.45, 7) is 5.24. The first-order valence-electron chi connectivity index (χ1n) is 9.15. The largest absolute Gasteiger partial charge is 0.340 e. The van der Waals surface area contributed by atoms with Gasteiger partial charge in [0.05, 0.1) is 0 Å². The Kier molecular flexibility index (Phi) is 5.59. The normalized spacial score (nSPS) is 16.6. The van der Waals surface area contributed by atoms with Crippen molar-refractivity contribution in [1.82, 2.24) is 14.0 Å². The van der Waals surface area contributed by atoms with E-state index in [0.717, 1.165) is 42.0 Å². The highest BCUT2D eigenvalue weighted by Crippen LogP contribution is 2.18. The van der Waals surface area contributed by atoms with E-state index in [9.17, 15) is 9.59 Å². The molecular formula is C20H25N5O2. The van der Waals surface area contributed by atoms with E-state index in [1.807, 2.05) is 12.2 Å². The molecule has 1 amide bonds. The maximum atomic E-state index is 12.7. The van der Waals surface area contributed by atoms with Crippen molar-refractivity contribution in [2.45, 2.75) is 25.7 Å². The summed E-state index contributed by atoms with van der Waals surface area (Å²) in [5, 5.41) is 10.8. The molecule has 0 atom stereocenters. The molecule has 7 heteroatoms. The molecule has 0 unspecified atom stereocenters. The summed E-state index contributed by atoms with van der Waals surface area (Å²) < 4.78 is 2.40. The van der Waals surface area contributed by atoms with Crippen LogP contribution >= 0.6 is 0 Å². The average molecular weight is 367 g/mol. The molecule has 0 saturated carbocycles. The molecule has 2 heterocycles. The van der Waals surface area contributed by atoms with E-state index in [2.05, 4.69) is 30.1 Å². The third kappa shape index (κ3) is 3.86. The number of likely N-dealkylation sites (tertiary alicyclic amines) is 1. The average Bonchev–Trinajstić information content (AvgIpc) is 3.30. The summed E-state index contributed by atoms with van der Waals surface area (Å²) in [6, 6.07) is -0.377. The molecule has 0 radical (unpaired) electrons. The summed E-state index contributed by atoms with van der Waals surface area (Å²) in [5.41, 5.74) is 1.43. The van der Waals surface area contributed by atoms with Crippen LogP contribution in [0, 0.1) is 5.41 Å². The minimum atomic E-state index is -0.470. The van der Waals surface area contributed by atoms with Gasteiger partial charge in [-0.05, 0) is 37.3 Å². The van der Waals surface area contributed by atoms with E-state index >= 15 is 0 Å². The van der Waals surface area contributed by atoms with Crippen molar-refractivity contribution in [3.05, 3.63) is 64.4 Å². The molecule has 2 aliphatic rings. The van der Waals surface area contributed by atoms with Crippen LogP contribution in [0.4, 0.5) is 10.6 Å². The first-order chi connectivity index (χ1) is 13.0. The fraction of sp³-hybridized carbons (Fsp3) is 0.350. The molecule has 0 spiro atoms. The summed E-state index contributed by atoms with van der Waals surface area (Å²) in [4.78, 5) is 27.0. The molecule has 1 aromatic rings. The van der Waals surface area contributed by atoms with E-state index in [4.69, 9.17) is 5.41 Å². The Balaban J connectivity index is 1.85. The van der Waals surface area contributed by atoms with E-state index in [1.165, 1.54) is 4.57 Å². The molecule has 1 fully saturated rings. The van der Waals surface area contributed by atoms with Gasteiger partial charge in [0.15, 0.2) is 0 Å². The number of nitrogens with zero attached hydrogens (tertiary/aromatic N) is 3. The molecule has 1 aliphatic heterocycles. The molecule has 2 N–H and O–H groups in total. The van der Waals surface area contributed by atoms with E-state index < -0.39 is 5.69 Å². The monoisotopic (exact) mass is 367 g/mol. The molecule has 1 aliphatic carbocycles. The maximum absolute atomic E-state index is 12.7. The number of allylic oxidation sites excluding steroid dienone is 6. The van der Waals surface area contributed by atoms with Crippen LogP contribution in [0.5, 0.6) is 0 Å². The highest BCUT2D eigenvalue weighted by molar-refractivity contribution is 5.90. The molecule has 3 rings (SSSR count). The van der Waals surface area contributed by atoms with Gasteiger partial charge in [0.2, 0.25) is 0 Å². The van der Waals surface area contributed by atoms with Gasteiger partial charge in [0.25, 0.3) is 0 Å². The number of hydrogen-bond acceptors (Lipinski definition) is 4. The van der Waals surface area contributed by atoms with Crippen LogP contribution in [0.1, 0.15) is 31.4 Å². The topological polar surface area (TPSA) is 83.1 Å². The predicted molar refractivity (Wildman–Crippen MR) is 108 cm³/mol. The minimum absolute atomic E-state index is 0.228. The van der Waals surface area contributed by atoms with Crippen molar-refractivity contribution in [1.29, 1.82) is 5.41 Å². The Bertz CT molecular complexity index is 908. The van der Waals surface area contributed by atoms with Crippen LogP contribution in [-0.4, -0.2) is 39.4 Å². The van der Waals surface area contributed by atoms with Gasteiger partial charge in [0.1, 0.15) is 11.5 Å². The number of aromatic nitrogens is 2. The molecule has 7 nitrogen and oxygen atoms in total. The molecule has 27 heavy (non-hydrogen) atoms. The Labute approximate surface area is 158 Å². The molecule has 0 bridgehead atoms. The van der Waals surface area contributed by atoms with Crippen molar-refractivity contribution < 1.29 is 4.79 Å². The summed E-state index contributed by atoms with van der Waals surface area (Å²) >= 11 is 0. The first-order valence-corrected chi connectivity index (χ1v) is 9.15. The van der Waals surface area contributed by atoms with Crippen molar-refractivity contribution >= 4 is 18.1 Å². The Morgan fingerprint density at radius 3 is 2.67 bits per heavy atom. The highest BCUT2D eigenvalue weighted by Gasteiger charge is 2.26. The second-order valence-corrected chi connectivity index (χ2v) is 6.70. The lowest BCUT2D eigenvalue weighted by atomic mass is 10.1. The Morgan fingerprint density at radius 1 is 1.30 bits per heavy atom. The standard InChI is InChI=1S/C20H25N5O2/c1-15(10-11-16-8-4-3-5-9-16)22-18-17(14-21)25(19(26)23(18)2)20(27)24-12-6-7-13-24/h4,8-11,14,21-22H,1,3,5-7,12-13H2,2H3/b11-10+,21-14?. The Hall–Kier alpha value is -3.09. The lowest BCUT2D eigenvalue weighted by Crippen LogP contribution is -2.39. The summed E-state index contributed by atoms with van der Waals surface area (Å²) in [7, 11) is 1.58. The van der Waals surface area contributed by atoms with Gasteiger partial charge in [0, 0.05) is 32.0 Å². The molecule has 1 saturated heterocycles. The molecular weight excluding hydrogens is 342 g/mol. The SMILES string of the molecule is C=C(/C=C/C1=CCCC=C1)Nc1c(C=N)n(C(=O)N2CCCC2)c(=O)n1C. The van der Waals surface area contributed by atoms with Crippen LogP contribution in [0.3, 0.4) is 0 Å². The number of amides is 1. The zero-order valence-electron chi connectivity index (χ0n) is 15.6. The lowest BCUT2D eigenvalue weighted by Gasteiger charge is -2.15. The van der Waals surface area contributed by atoms with Crippen LogP contribution < -0.4 is 11.0 Å². The molecule has 142 valence electrons. The number of carbonyl (C=O) groups is 1. The lowest BCUT2D eigenvalue weighted by molar-refractivity contribution is 0.209. The number of rotatable bonds is 5. The van der Waals surface area contributed by atoms with Gasteiger partial charge in [-0.3, -0.25) is 4.57 Å². The number of hydrogen-bond donors (Lipinski definition) is 2. The predicted octanol–water partition coefficient (Wildman–Crippen LogP) is 3.01. The van der Waals surface area contributed by atoms with E-state index in [1.54, 1.807) is 11.9 Å². The smallest absolute Gasteiger partial charge is 0.338 e. The fourth-order valence-corrected chi connectivity index (χ4v) is 3.29. The van der Waals surface area contributed by atoms with Crippen molar-refractivity contribution in [3.63, 3.8) is 0 Å². The number of nitrogens with one attached hydrogen (secondary N) is 2. The van der Waals surface area contributed by atoms with Gasteiger partial charge >= 0.3 is 11.7 Å². The van der Waals surface area contributed by atoms with Crippen molar-refractivity contribution in [3.8, 4) is 0 Å². The maximum Gasteiger partial charge on any atom is 0.338 e. The number of imidazole rings is 1. The van der Waals surface area contributed by atoms with E-state index in [-0.39, 0.29) is 11.7 Å². The van der Waals surface area contributed by atoms with Crippen LogP contribution in [0.2, 0.25) is 0 Å². The quantitative estimate of drug-likeness (QED) is 0.620. The van der Waals surface area contributed by atoms with Gasteiger partial charge in [-0.15, -0.1) is 0 Å². The number of anilines is 1. The third-order valence-electron chi connectivity index (χ3n) is 4.78. The van der Waals surface area contributed by atoms with Crippen LogP contribution in [0.15, 0.2) is 53.0 Å². The zero-order valence-corrected chi connectivity index (χ0v) is 15.6.